The summed E-state index contributed by atoms with van der Waals surface area (Å²) in [4.78, 5) is 27.7. The molecule has 18 rings (SSSR count). The van der Waals surface area contributed by atoms with Gasteiger partial charge in [0.25, 0.3) is 0 Å². The average Bonchev–Trinajstić information content (AvgIpc) is 1.64. The van der Waals surface area contributed by atoms with Crippen LogP contribution in [0, 0.1) is 166 Å². The van der Waals surface area contributed by atoms with E-state index in [0.29, 0.717) is 0 Å². The predicted octanol–water partition coefficient (Wildman–Crippen LogP) is 23.3. The van der Waals surface area contributed by atoms with Gasteiger partial charge in [-0.15, -0.1) is 0 Å². The number of hydrogen-bond donors (Lipinski definition) is 0. The van der Waals surface area contributed by atoms with Gasteiger partial charge in [0.1, 0.15) is 0 Å². The first-order valence-electron chi connectivity index (χ1n) is 36.8. The lowest BCUT2D eigenvalue weighted by atomic mass is 9.92. The van der Waals surface area contributed by atoms with Crippen LogP contribution in [0.2, 0.25) is 0 Å². The standard InChI is InChI=1S/6C16H17N/c1-9-5-15-14-6-10(2)11(3)12(4)13(14)7-16(15)17-8-9;1-9-5-14-15(17-8-9)7-13-12(4)10(2)6-11(3)16(13)14;1-9-7-10(2)16-13-6-5-11(3)17-15(13)8-14(16)12(9)4;1-9-7-15-13-6-5-10(2)17-16(13)8-14(15)12(4)11(9)3;1-9-5-6-13-14(11(9)3)7-15-16(13)12(4)10(2)8-17-15;1-9-5-6-17-14-8-13-12(4)10(2)7-11(3)15(13)16(9)14/h2*5-6,8H,7H2,1-4H3;2*5-7H,8H2,1-4H3;5-6,8H,7H2,1-4H3;5-7H,8H2,1-4H3. The molecule has 6 aliphatic rings. The zero-order chi connectivity index (χ0) is 72.9. The lowest BCUT2D eigenvalue weighted by Crippen LogP contribution is -1.94. The minimum absolute atomic E-state index is 0.998. The Morgan fingerprint density at radius 2 is 0.598 bits per heavy atom. The lowest BCUT2D eigenvalue weighted by molar-refractivity contribution is 1.06. The van der Waals surface area contributed by atoms with E-state index in [4.69, 9.17) is 0 Å². The van der Waals surface area contributed by atoms with Gasteiger partial charge in [-0.3, -0.25) is 29.9 Å². The SMILES string of the molecule is Cc1cc(C)c2c(c1C)Cc1nccc(C)c1-2.Cc1ccc2c(c1C)Cc1ncc(C)c(C)c1-2.Cc1ccc2c(n1)Cc1c(C)c(C)cc(C)c1-2.Cc1ccc2c(n1)Cc1c-2cc(C)c(C)c1C.Cc1cnc2c(c1)-c1c(C)cc(C)c(C)c1C2.Cc1cnc2c(c1)-c1cc(C)c(C)c(C)c1C2. The van der Waals surface area contributed by atoms with Gasteiger partial charge in [0.05, 0.1) is 34.2 Å². The van der Waals surface area contributed by atoms with Crippen molar-refractivity contribution in [3.8, 4) is 66.8 Å². The smallest absolute Gasteiger partial charge is 0.0529 e. The van der Waals surface area contributed by atoms with E-state index in [0.717, 1.165) is 49.9 Å². The maximum Gasteiger partial charge on any atom is 0.0529 e. The summed E-state index contributed by atoms with van der Waals surface area (Å²) >= 11 is 0. The summed E-state index contributed by atoms with van der Waals surface area (Å²) in [6.45, 7) is 52.5. The van der Waals surface area contributed by atoms with Crippen LogP contribution in [0.15, 0.2) is 110 Å². The van der Waals surface area contributed by atoms with Crippen molar-refractivity contribution in [2.24, 2.45) is 0 Å². The molecular weight excluding hydrogens is 1240 g/mol. The molecule has 6 heteroatoms. The molecule has 102 heavy (non-hydrogen) atoms. The number of hydrogen-bond acceptors (Lipinski definition) is 6. The Labute approximate surface area is 608 Å². The van der Waals surface area contributed by atoms with Crippen LogP contribution in [0.25, 0.3) is 66.8 Å². The molecule has 0 amide bonds. The molecule has 0 saturated carbocycles. The highest BCUT2D eigenvalue weighted by molar-refractivity contribution is 5.85. The van der Waals surface area contributed by atoms with Gasteiger partial charge in [0.2, 0.25) is 0 Å². The third-order valence-corrected chi connectivity index (χ3v) is 24.0. The zero-order valence-corrected chi connectivity index (χ0v) is 65.3. The number of aryl methyl sites for hydroxylation is 15. The van der Waals surface area contributed by atoms with Crippen LogP contribution in [-0.4, -0.2) is 29.9 Å². The summed E-state index contributed by atoms with van der Waals surface area (Å²) in [5, 5.41) is 0. The van der Waals surface area contributed by atoms with Crippen LogP contribution in [-0.2, 0) is 38.5 Å². The molecule has 0 unspecified atom stereocenters. The molecule has 516 valence electrons. The maximum absolute atomic E-state index is 4.68. The van der Waals surface area contributed by atoms with Crippen molar-refractivity contribution in [1.82, 2.24) is 29.9 Å². The largest absolute Gasteiger partial charge is 0.260 e. The fourth-order valence-electron chi connectivity index (χ4n) is 17.0. The molecular formula is C96H102N6. The third-order valence-electron chi connectivity index (χ3n) is 24.0. The molecule has 6 nitrogen and oxygen atoms in total. The Kier molecular flexibility index (Phi) is 19.1. The van der Waals surface area contributed by atoms with E-state index in [1.54, 1.807) is 0 Å². The van der Waals surface area contributed by atoms with Crippen LogP contribution in [0.1, 0.15) is 201 Å². The fraction of sp³-hybridized carbons (Fsp3) is 0.312. The van der Waals surface area contributed by atoms with Crippen LogP contribution in [0.5, 0.6) is 0 Å². The molecule has 0 spiro atoms. The summed E-state index contributed by atoms with van der Waals surface area (Å²) in [5.41, 5.74) is 65.6. The van der Waals surface area contributed by atoms with Gasteiger partial charge in [0.15, 0.2) is 0 Å². The van der Waals surface area contributed by atoms with Crippen LogP contribution >= 0.6 is 0 Å². The zero-order valence-electron chi connectivity index (χ0n) is 65.3. The second-order valence-electron chi connectivity index (χ2n) is 30.7. The summed E-state index contributed by atoms with van der Waals surface area (Å²) in [5.74, 6) is 0. The van der Waals surface area contributed by atoms with E-state index in [2.05, 4.69) is 281 Å². The molecule has 6 heterocycles. The molecule has 6 aromatic heterocycles. The number of rotatable bonds is 0. The van der Waals surface area contributed by atoms with Gasteiger partial charge in [-0.2, -0.15) is 0 Å². The molecule has 0 radical (unpaired) electrons. The van der Waals surface area contributed by atoms with E-state index >= 15 is 0 Å². The van der Waals surface area contributed by atoms with Gasteiger partial charge in [-0.25, -0.2) is 0 Å². The minimum Gasteiger partial charge on any atom is -0.260 e. The first kappa shape index (κ1) is 70.6. The van der Waals surface area contributed by atoms with Crippen LogP contribution in [0.4, 0.5) is 0 Å². The summed E-state index contributed by atoms with van der Waals surface area (Å²) < 4.78 is 0. The molecule has 0 atom stereocenters. The number of aromatic nitrogens is 6. The van der Waals surface area contributed by atoms with Gasteiger partial charge in [-0.1, -0.05) is 54.6 Å². The molecule has 0 saturated heterocycles. The number of pyridine rings is 6. The number of fused-ring (bicyclic) bond motifs is 18. The second kappa shape index (κ2) is 27.5. The predicted molar refractivity (Wildman–Crippen MR) is 429 cm³/mol. The van der Waals surface area contributed by atoms with E-state index in [9.17, 15) is 0 Å². The Morgan fingerprint density at radius 1 is 0.206 bits per heavy atom. The molecule has 0 bridgehead atoms. The number of nitrogens with zero attached hydrogens (tertiary/aromatic N) is 6. The van der Waals surface area contributed by atoms with Gasteiger partial charge >= 0.3 is 0 Å². The molecule has 6 aliphatic carbocycles. The van der Waals surface area contributed by atoms with Crippen LogP contribution < -0.4 is 0 Å². The average molecular weight is 1340 g/mol. The van der Waals surface area contributed by atoms with Crippen molar-refractivity contribution in [2.75, 3.05) is 0 Å². The molecule has 0 fully saturated rings. The second-order valence-corrected chi connectivity index (χ2v) is 30.7. The highest BCUT2D eigenvalue weighted by atomic mass is 14.7. The molecule has 6 aromatic carbocycles. The maximum atomic E-state index is 4.68. The summed E-state index contributed by atoms with van der Waals surface area (Å²) in [7, 11) is 0. The van der Waals surface area contributed by atoms with Crippen molar-refractivity contribution >= 4 is 0 Å². The Hall–Kier alpha value is -9.78. The van der Waals surface area contributed by atoms with Gasteiger partial charge in [0, 0.05) is 108 Å². The molecule has 0 aliphatic heterocycles. The quantitative estimate of drug-likeness (QED) is 0.151. The van der Waals surface area contributed by atoms with E-state index in [1.165, 1.54) is 257 Å². The van der Waals surface area contributed by atoms with Crippen molar-refractivity contribution in [3.05, 3.63) is 311 Å². The highest BCUT2D eigenvalue weighted by Crippen LogP contribution is 2.47. The summed E-state index contributed by atoms with van der Waals surface area (Å²) in [6, 6.07) is 31.4. The van der Waals surface area contributed by atoms with Crippen molar-refractivity contribution in [2.45, 2.75) is 205 Å². The van der Waals surface area contributed by atoms with E-state index in [-0.39, 0.29) is 0 Å². The van der Waals surface area contributed by atoms with Crippen molar-refractivity contribution in [3.63, 3.8) is 0 Å². The molecule has 0 N–H and O–H groups in total. The fourth-order valence-corrected chi connectivity index (χ4v) is 17.0. The lowest BCUT2D eigenvalue weighted by Gasteiger charge is -2.12. The van der Waals surface area contributed by atoms with E-state index in [1.807, 2.05) is 24.8 Å². The normalized spacial score (nSPS) is 12.5. The first-order valence-corrected chi connectivity index (χ1v) is 36.8. The monoisotopic (exact) mass is 1340 g/mol. The first-order chi connectivity index (χ1) is 48.5. The van der Waals surface area contributed by atoms with Crippen LogP contribution in [0.3, 0.4) is 0 Å². The Balaban J connectivity index is 0.000000109. The van der Waals surface area contributed by atoms with E-state index < -0.39 is 0 Å². The van der Waals surface area contributed by atoms with Gasteiger partial charge in [-0.05, 0) is 386 Å². The number of benzene rings is 6. The third kappa shape index (κ3) is 12.7. The van der Waals surface area contributed by atoms with Gasteiger partial charge < -0.3 is 0 Å². The Morgan fingerprint density at radius 3 is 1.18 bits per heavy atom. The Bertz CT molecular complexity index is 5500. The topological polar surface area (TPSA) is 77.3 Å². The van der Waals surface area contributed by atoms with Crippen molar-refractivity contribution < 1.29 is 0 Å². The molecule has 12 aromatic rings. The highest BCUT2D eigenvalue weighted by Gasteiger charge is 2.30. The van der Waals surface area contributed by atoms with Crippen molar-refractivity contribution in [1.29, 1.82) is 0 Å². The summed E-state index contributed by atoms with van der Waals surface area (Å²) in [6.07, 6.45) is 13.9. The minimum atomic E-state index is 0.998.